The quantitative estimate of drug-likeness (QED) is 0.809. The van der Waals surface area contributed by atoms with Gasteiger partial charge in [0.2, 0.25) is 0 Å². The van der Waals surface area contributed by atoms with Gasteiger partial charge < -0.3 is 9.80 Å². The minimum atomic E-state index is 0.240. The van der Waals surface area contributed by atoms with Gasteiger partial charge in [-0.25, -0.2) is 4.98 Å². The van der Waals surface area contributed by atoms with Crippen LogP contribution in [0.1, 0.15) is 19.3 Å². The van der Waals surface area contributed by atoms with Crippen molar-refractivity contribution in [3.05, 3.63) is 42.9 Å². The van der Waals surface area contributed by atoms with Gasteiger partial charge in [0.05, 0.1) is 11.1 Å². The Morgan fingerprint density at radius 1 is 1.14 bits per heavy atom. The third kappa shape index (κ3) is 1.67. The van der Waals surface area contributed by atoms with E-state index in [1.54, 1.807) is 0 Å². The standard InChI is InChI=1S/C18H20N4/c1-7-18(13-21-10-5-15(18)6-11-21)22(9-1)17-3-2-14-12-19-8-4-16(14)20-17/h1-4,8-9,12,15H,5-7,10-11,13H2/t18-/m0/s1. The van der Waals surface area contributed by atoms with Gasteiger partial charge in [0, 0.05) is 30.5 Å². The topological polar surface area (TPSA) is 32.3 Å². The highest BCUT2D eigenvalue weighted by Gasteiger charge is 2.51. The van der Waals surface area contributed by atoms with E-state index in [2.05, 4.69) is 39.2 Å². The van der Waals surface area contributed by atoms with Crippen LogP contribution < -0.4 is 4.90 Å². The maximum absolute atomic E-state index is 4.91. The summed E-state index contributed by atoms with van der Waals surface area (Å²) < 4.78 is 0. The van der Waals surface area contributed by atoms with Gasteiger partial charge in [-0.3, -0.25) is 4.98 Å². The fourth-order valence-corrected chi connectivity index (χ4v) is 4.65. The van der Waals surface area contributed by atoms with Gasteiger partial charge in [-0.2, -0.15) is 0 Å². The number of pyridine rings is 2. The Bertz CT molecular complexity index is 748. The summed E-state index contributed by atoms with van der Waals surface area (Å²) in [6, 6.07) is 6.30. The van der Waals surface area contributed by atoms with E-state index in [0.717, 1.165) is 29.1 Å². The number of hydrogen-bond donors (Lipinski definition) is 0. The van der Waals surface area contributed by atoms with E-state index < -0.39 is 0 Å². The normalized spacial score (nSPS) is 33.2. The molecule has 0 aliphatic carbocycles. The van der Waals surface area contributed by atoms with Crippen molar-refractivity contribution in [2.75, 3.05) is 24.5 Å². The average Bonchev–Trinajstić information content (AvgIpc) is 2.98. The molecule has 0 aromatic carbocycles. The lowest BCUT2D eigenvalue weighted by atomic mass is 9.71. The number of rotatable bonds is 1. The molecule has 22 heavy (non-hydrogen) atoms. The van der Waals surface area contributed by atoms with E-state index in [1.165, 1.54) is 32.5 Å². The number of hydrogen-bond acceptors (Lipinski definition) is 4. The molecule has 2 aromatic heterocycles. The second-order valence-corrected chi connectivity index (χ2v) is 6.85. The average molecular weight is 292 g/mol. The Morgan fingerprint density at radius 2 is 2.05 bits per heavy atom. The summed E-state index contributed by atoms with van der Waals surface area (Å²) in [5.41, 5.74) is 1.27. The Balaban J connectivity index is 1.59. The van der Waals surface area contributed by atoms with E-state index >= 15 is 0 Å². The largest absolute Gasteiger partial charge is 0.325 e. The smallest absolute Gasteiger partial charge is 0.133 e. The van der Waals surface area contributed by atoms with Gasteiger partial charge in [-0.15, -0.1) is 0 Å². The predicted octanol–water partition coefficient (Wildman–Crippen LogP) is 2.82. The molecule has 2 bridgehead atoms. The Labute approximate surface area is 130 Å². The summed E-state index contributed by atoms with van der Waals surface area (Å²) in [4.78, 5) is 14.2. The van der Waals surface area contributed by atoms with E-state index in [1.807, 2.05) is 18.5 Å². The lowest BCUT2D eigenvalue weighted by Crippen LogP contribution is -2.64. The van der Waals surface area contributed by atoms with Crippen LogP contribution in [0, 0.1) is 5.92 Å². The van der Waals surface area contributed by atoms with Crippen LogP contribution in [0.3, 0.4) is 0 Å². The predicted molar refractivity (Wildman–Crippen MR) is 87.7 cm³/mol. The molecule has 0 N–H and O–H groups in total. The first-order valence-corrected chi connectivity index (χ1v) is 8.24. The van der Waals surface area contributed by atoms with Gasteiger partial charge in [0.1, 0.15) is 5.82 Å². The highest BCUT2D eigenvalue weighted by atomic mass is 15.3. The zero-order chi connectivity index (χ0) is 14.6. The Kier molecular flexibility index (Phi) is 2.59. The Morgan fingerprint density at radius 3 is 2.86 bits per heavy atom. The summed E-state index contributed by atoms with van der Waals surface area (Å²) in [5.74, 6) is 1.88. The van der Waals surface area contributed by atoms with Gasteiger partial charge in [-0.05, 0) is 56.5 Å². The molecule has 2 aromatic rings. The van der Waals surface area contributed by atoms with E-state index in [-0.39, 0.29) is 5.54 Å². The van der Waals surface area contributed by atoms with Crippen molar-refractivity contribution in [1.82, 2.24) is 14.9 Å². The van der Waals surface area contributed by atoms with Crippen LogP contribution in [-0.2, 0) is 0 Å². The molecule has 0 saturated carbocycles. The van der Waals surface area contributed by atoms with Crippen molar-refractivity contribution in [3.63, 3.8) is 0 Å². The zero-order valence-electron chi connectivity index (χ0n) is 12.7. The number of aromatic nitrogens is 2. The monoisotopic (exact) mass is 292 g/mol. The van der Waals surface area contributed by atoms with Crippen molar-refractivity contribution >= 4 is 16.7 Å². The van der Waals surface area contributed by atoms with E-state index in [0.29, 0.717) is 0 Å². The van der Waals surface area contributed by atoms with Crippen LogP contribution in [0.25, 0.3) is 10.9 Å². The van der Waals surface area contributed by atoms with Crippen LogP contribution in [0.5, 0.6) is 0 Å². The third-order valence-electron chi connectivity index (χ3n) is 5.77. The summed E-state index contributed by atoms with van der Waals surface area (Å²) in [7, 11) is 0. The molecule has 112 valence electrons. The summed E-state index contributed by atoms with van der Waals surface area (Å²) >= 11 is 0. The number of nitrogens with zero attached hydrogens (tertiary/aromatic N) is 4. The number of anilines is 1. The van der Waals surface area contributed by atoms with Crippen LogP contribution in [0.4, 0.5) is 5.82 Å². The summed E-state index contributed by atoms with van der Waals surface area (Å²) in [5, 5.41) is 1.11. The van der Waals surface area contributed by atoms with E-state index in [4.69, 9.17) is 4.98 Å². The second-order valence-electron chi connectivity index (χ2n) is 6.85. The molecule has 3 fully saturated rings. The molecule has 3 saturated heterocycles. The Hall–Kier alpha value is -1.94. The van der Waals surface area contributed by atoms with Crippen LogP contribution >= 0.6 is 0 Å². The first kappa shape index (κ1) is 12.6. The van der Waals surface area contributed by atoms with Crippen molar-refractivity contribution in [3.8, 4) is 0 Å². The van der Waals surface area contributed by atoms with Crippen molar-refractivity contribution in [2.45, 2.75) is 24.8 Å². The highest BCUT2D eigenvalue weighted by Crippen LogP contribution is 2.46. The first-order valence-electron chi connectivity index (χ1n) is 8.24. The van der Waals surface area contributed by atoms with Gasteiger partial charge in [0.25, 0.3) is 0 Å². The second kappa shape index (κ2) is 4.53. The maximum Gasteiger partial charge on any atom is 0.133 e. The van der Waals surface area contributed by atoms with Crippen LogP contribution in [0.2, 0.25) is 0 Å². The lowest BCUT2D eigenvalue weighted by Gasteiger charge is -2.55. The fraction of sp³-hybridized carbons (Fsp3) is 0.444. The zero-order valence-corrected chi connectivity index (χ0v) is 12.7. The fourth-order valence-electron chi connectivity index (χ4n) is 4.65. The molecule has 0 amide bonds. The minimum Gasteiger partial charge on any atom is -0.325 e. The minimum absolute atomic E-state index is 0.240. The molecule has 4 heteroatoms. The van der Waals surface area contributed by atoms with Crippen molar-refractivity contribution in [1.29, 1.82) is 0 Å². The molecule has 1 spiro atoms. The highest BCUT2D eigenvalue weighted by molar-refractivity contribution is 5.79. The molecule has 6 rings (SSSR count). The maximum atomic E-state index is 4.91. The van der Waals surface area contributed by atoms with Gasteiger partial charge >= 0.3 is 0 Å². The molecule has 0 unspecified atom stereocenters. The third-order valence-corrected chi connectivity index (χ3v) is 5.77. The van der Waals surface area contributed by atoms with Gasteiger partial charge in [-0.1, -0.05) is 6.08 Å². The van der Waals surface area contributed by atoms with Gasteiger partial charge in [0.15, 0.2) is 0 Å². The van der Waals surface area contributed by atoms with Crippen molar-refractivity contribution in [2.24, 2.45) is 5.92 Å². The first-order chi connectivity index (χ1) is 10.9. The summed E-state index contributed by atoms with van der Waals surface area (Å²) in [6.45, 7) is 3.73. The molecule has 4 nitrogen and oxygen atoms in total. The molecule has 4 aliphatic heterocycles. The number of fused-ring (bicyclic) bond motifs is 3. The van der Waals surface area contributed by atoms with Crippen molar-refractivity contribution < 1.29 is 0 Å². The SMILES string of the molecule is C1=CN(c2ccc3cnccc3n2)[C@@]2(C1)CN1CCC2CC1. The lowest BCUT2D eigenvalue weighted by molar-refractivity contribution is 0.0333. The van der Waals surface area contributed by atoms with E-state index in [9.17, 15) is 0 Å². The molecule has 1 atom stereocenters. The van der Waals surface area contributed by atoms with Crippen LogP contribution in [0.15, 0.2) is 42.9 Å². The number of piperidine rings is 3. The molecular weight excluding hydrogens is 272 g/mol. The molecule has 6 heterocycles. The molecule has 4 aliphatic rings. The molecular formula is C18H20N4. The summed E-state index contributed by atoms with van der Waals surface area (Å²) in [6.07, 6.45) is 12.1. The van der Waals surface area contributed by atoms with Crippen LogP contribution in [-0.4, -0.2) is 40.0 Å². The molecule has 0 radical (unpaired) electrons.